The Morgan fingerprint density at radius 3 is 1.21 bits per heavy atom. The van der Waals surface area contributed by atoms with Gasteiger partial charge in [0, 0.05) is 0 Å². The molecule has 0 saturated heterocycles. The summed E-state index contributed by atoms with van der Waals surface area (Å²) < 4.78 is 21.5. The highest BCUT2D eigenvalue weighted by atomic mass is 35.5. The lowest BCUT2D eigenvalue weighted by Crippen LogP contribution is -2.28. The molecule has 0 heterocycles. The topological polar surface area (TPSA) is 105 Å². The zero-order valence-electron chi connectivity index (χ0n) is 27.7. The fourth-order valence-corrected chi connectivity index (χ4v) is 6.65. The van der Waals surface area contributed by atoms with Crippen molar-refractivity contribution >= 4 is 93.5 Å². The molecule has 2 atom stereocenters. The Hall–Kier alpha value is -1.94. The van der Waals surface area contributed by atoms with Crippen molar-refractivity contribution in [2.45, 2.75) is 80.1 Å². The van der Waals surface area contributed by atoms with Crippen LogP contribution in [-0.2, 0) is 19.1 Å². The average Bonchev–Trinajstić information content (AvgIpc) is 2.99. The number of esters is 4. The second kappa shape index (κ2) is 20.0. The number of hydrogen-bond acceptors (Lipinski definition) is 8. The molecular weight excluding hydrogens is 749 g/mol. The third-order valence-electron chi connectivity index (χ3n) is 7.12. The van der Waals surface area contributed by atoms with Crippen LogP contribution >= 0.6 is 69.6 Å². The summed E-state index contributed by atoms with van der Waals surface area (Å²) in [5.41, 5.74) is -0.926. The first-order chi connectivity index (χ1) is 22.5. The predicted molar refractivity (Wildman–Crippen MR) is 190 cm³/mol. The molecule has 0 amide bonds. The van der Waals surface area contributed by atoms with Crippen molar-refractivity contribution < 1.29 is 38.1 Å². The maximum atomic E-state index is 13.2. The molecule has 48 heavy (non-hydrogen) atoms. The van der Waals surface area contributed by atoms with E-state index in [9.17, 15) is 19.2 Å². The third-order valence-corrected chi connectivity index (χ3v) is 9.26. The maximum absolute atomic E-state index is 13.2. The van der Waals surface area contributed by atoms with Gasteiger partial charge in [0.1, 0.15) is 11.1 Å². The molecule has 0 spiro atoms. The van der Waals surface area contributed by atoms with Gasteiger partial charge < -0.3 is 18.9 Å². The number of hydrogen-bond donors (Lipinski definition) is 0. The Morgan fingerprint density at radius 1 is 0.583 bits per heavy atom. The molecule has 8 nitrogen and oxygen atoms in total. The zero-order valence-corrected chi connectivity index (χ0v) is 32.2. The Balaban J connectivity index is 2.37. The van der Waals surface area contributed by atoms with Crippen LogP contribution in [0.1, 0.15) is 101 Å². The van der Waals surface area contributed by atoms with Crippen molar-refractivity contribution in [3.05, 3.63) is 53.4 Å². The first-order valence-electron chi connectivity index (χ1n) is 15.6. The molecule has 0 fully saturated rings. The summed E-state index contributed by atoms with van der Waals surface area (Å²) in [5.74, 6) is -5.53. The highest BCUT2D eigenvalue weighted by molar-refractivity contribution is 6.47. The molecule has 2 aromatic carbocycles. The van der Waals surface area contributed by atoms with Crippen LogP contribution in [0.4, 0.5) is 0 Å². The van der Waals surface area contributed by atoms with E-state index in [1.165, 1.54) is 0 Å². The monoisotopic (exact) mass is 786 g/mol. The van der Waals surface area contributed by atoms with Crippen LogP contribution in [-0.4, -0.2) is 37.1 Å². The molecule has 0 aliphatic rings. The van der Waals surface area contributed by atoms with E-state index in [0.717, 1.165) is 50.7 Å². The molecular formula is C34H40Cl6O8. The van der Waals surface area contributed by atoms with Crippen molar-refractivity contribution in [2.75, 3.05) is 13.2 Å². The minimum absolute atomic E-state index is 0.0616. The van der Waals surface area contributed by atoms with E-state index in [0.29, 0.717) is 11.8 Å². The van der Waals surface area contributed by atoms with E-state index in [-0.39, 0.29) is 55.2 Å². The highest BCUT2D eigenvalue weighted by Crippen LogP contribution is 2.42. The van der Waals surface area contributed by atoms with Gasteiger partial charge in [0.25, 0.3) is 0 Å². The van der Waals surface area contributed by atoms with Crippen molar-refractivity contribution in [1.82, 2.24) is 0 Å². The van der Waals surface area contributed by atoms with Crippen LogP contribution < -0.4 is 9.47 Å². The molecule has 2 aromatic rings. The lowest BCUT2D eigenvalue weighted by Gasteiger charge is -2.20. The summed E-state index contributed by atoms with van der Waals surface area (Å²) in [4.78, 5) is 52.6. The molecule has 0 radical (unpaired) electrons. The van der Waals surface area contributed by atoms with E-state index in [1.54, 1.807) is 0 Å². The van der Waals surface area contributed by atoms with E-state index >= 15 is 0 Å². The van der Waals surface area contributed by atoms with E-state index in [1.807, 2.05) is 13.8 Å². The fraction of sp³-hybridized carbons (Fsp3) is 0.529. The molecule has 0 aliphatic carbocycles. The number of carbonyl (C=O) groups excluding carboxylic acids is 4. The second-order valence-electron chi connectivity index (χ2n) is 12.3. The lowest BCUT2D eigenvalue weighted by molar-refractivity contribution is -0.156. The minimum Gasteiger partial charge on any atom is -0.462 e. The fourth-order valence-electron chi connectivity index (χ4n) is 5.21. The van der Waals surface area contributed by atoms with Crippen molar-refractivity contribution in [1.29, 1.82) is 0 Å². The summed E-state index contributed by atoms with van der Waals surface area (Å²) >= 11 is 37.6. The minimum atomic E-state index is -1.64. The van der Waals surface area contributed by atoms with Gasteiger partial charge in [-0.3, -0.25) is 0 Å². The molecule has 2 unspecified atom stereocenters. The van der Waals surface area contributed by atoms with Gasteiger partial charge in [0.15, 0.2) is 11.5 Å². The van der Waals surface area contributed by atoms with Gasteiger partial charge in [-0.25, -0.2) is 19.2 Å². The predicted octanol–water partition coefficient (Wildman–Crippen LogP) is 11.4. The van der Waals surface area contributed by atoms with Crippen LogP contribution in [0.2, 0.25) is 30.1 Å². The molecule has 266 valence electrons. The number of ether oxygens (including phenoxy) is 4. The van der Waals surface area contributed by atoms with Gasteiger partial charge >= 0.3 is 23.9 Å². The van der Waals surface area contributed by atoms with Gasteiger partial charge in [-0.1, -0.05) is 124 Å². The van der Waals surface area contributed by atoms with Crippen molar-refractivity contribution in [2.24, 2.45) is 23.7 Å². The maximum Gasteiger partial charge on any atom is 0.423 e. The zero-order chi connectivity index (χ0) is 36.3. The third kappa shape index (κ3) is 12.1. The normalized spacial score (nSPS) is 12.5. The van der Waals surface area contributed by atoms with Gasteiger partial charge in [-0.2, -0.15) is 0 Å². The Labute approximate surface area is 311 Å². The summed E-state index contributed by atoms with van der Waals surface area (Å²) in [7, 11) is 0. The van der Waals surface area contributed by atoms with Crippen LogP contribution in [0.25, 0.3) is 0 Å². The standard InChI is InChI=1S/C34H40Cl6O8/c1-7-9-19(11-17(3)4)15-45-31(41)25-27(39)21(35)13-23(37)29(25)47-33(43)34(44)48-30-24(38)14-22(36)28(40)26(30)32(42)46-16-20(10-8-2)12-18(5)6/h13-14,17-20H,7-12,15-16H2,1-6H3. The second-order valence-corrected chi connectivity index (χ2v) is 14.6. The number of carbonyl (C=O) groups is 4. The molecule has 0 bridgehead atoms. The lowest BCUT2D eigenvalue weighted by atomic mass is 9.94. The first-order valence-corrected chi connectivity index (χ1v) is 17.9. The van der Waals surface area contributed by atoms with Crippen molar-refractivity contribution in [3.63, 3.8) is 0 Å². The van der Waals surface area contributed by atoms with Crippen LogP contribution in [0.3, 0.4) is 0 Å². The highest BCUT2D eigenvalue weighted by Gasteiger charge is 2.32. The Kier molecular flexibility index (Phi) is 17.6. The molecule has 0 N–H and O–H groups in total. The smallest absolute Gasteiger partial charge is 0.423 e. The molecule has 0 aromatic heterocycles. The summed E-state index contributed by atoms with van der Waals surface area (Å²) in [6.07, 6.45) is 5.00. The molecule has 14 heteroatoms. The van der Waals surface area contributed by atoms with Crippen LogP contribution in [0, 0.1) is 23.7 Å². The van der Waals surface area contributed by atoms with Gasteiger partial charge in [-0.15, -0.1) is 0 Å². The quantitative estimate of drug-likeness (QED) is 0.0716. The van der Waals surface area contributed by atoms with Crippen LogP contribution in [0.5, 0.6) is 11.5 Å². The van der Waals surface area contributed by atoms with Gasteiger partial charge in [0.05, 0.1) is 43.3 Å². The van der Waals surface area contributed by atoms with Crippen LogP contribution in [0.15, 0.2) is 12.1 Å². The SMILES string of the molecule is CCCC(COC(=O)c1c(Cl)c(Cl)cc(Cl)c1OC(=O)C(=O)Oc1c(Cl)cc(Cl)c(Cl)c1C(=O)OCC(CCC)CC(C)C)CC(C)C. The summed E-state index contributed by atoms with van der Waals surface area (Å²) in [5, 5.41) is -1.49. The Morgan fingerprint density at radius 2 is 0.917 bits per heavy atom. The molecule has 2 rings (SSSR count). The molecule has 0 aliphatic heterocycles. The largest absolute Gasteiger partial charge is 0.462 e. The summed E-state index contributed by atoms with van der Waals surface area (Å²) in [6.45, 7) is 12.4. The Bertz CT molecular complexity index is 1370. The van der Waals surface area contributed by atoms with E-state index in [4.69, 9.17) is 88.6 Å². The number of benzene rings is 2. The first kappa shape index (κ1) is 42.2. The average molecular weight is 789 g/mol. The van der Waals surface area contributed by atoms with Gasteiger partial charge in [-0.05, 0) is 61.5 Å². The van der Waals surface area contributed by atoms with E-state index in [2.05, 4.69) is 27.7 Å². The van der Waals surface area contributed by atoms with E-state index < -0.39 is 46.5 Å². The van der Waals surface area contributed by atoms with Crippen molar-refractivity contribution in [3.8, 4) is 11.5 Å². The summed E-state index contributed by atoms with van der Waals surface area (Å²) in [6, 6.07) is 2.26. The number of halogens is 6. The molecule has 0 saturated carbocycles. The van der Waals surface area contributed by atoms with Gasteiger partial charge in [0.2, 0.25) is 0 Å². The number of rotatable bonds is 16.